The van der Waals surface area contributed by atoms with E-state index in [0.717, 1.165) is 17.1 Å². The van der Waals surface area contributed by atoms with Crippen molar-refractivity contribution in [3.05, 3.63) is 163 Å². The molecule has 0 atom stereocenters. The minimum Gasteiger partial charge on any atom is -0.310 e. The fourth-order valence-corrected chi connectivity index (χ4v) is 5.67. The van der Waals surface area contributed by atoms with Crippen molar-refractivity contribution in [3.8, 4) is 22.3 Å². The second kappa shape index (κ2) is 10.2. The molecule has 0 saturated heterocycles. The standard InChI is InChI=1S/C39H29N/c1-28-18-23-35(24-19-28)40(36-16-9-15-33(27-36)29-10-3-2-4-11-29)38-25-22-31-13-7-8-17-37(31)39(38)34-21-20-30-12-5-6-14-32(30)26-34/h2-27H,1H3. The van der Waals surface area contributed by atoms with Gasteiger partial charge in [0, 0.05) is 16.9 Å². The first-order chi connectivity index (χ1) is 19.7. The van der Waals surface area contributed by atoms with Crippen LogP contribution in [-0.4, -0.2) is 0 Å². The zero-order valence-electron chi connectivity index (χ0n) is 22.5. The molecule has 0 aromatic heterocycles. The van der Waals surface area contributed by atoms with Gasteiger partial charge in [0.15, 0.2) is 0 Å². The van der Waals surface area contributed by atoms with E-state index in [-0.39, 0.29) is 0 Å². The minimum absolute atomic E-state index is 1.13. The fraction of sp³-hybridized carbons (Fsp3) is 0.0256. The average Bonchev–Trinajstić information content (AvgIpc) is 3.02. The SMILES string of the molecule is Cc1ccc(N(c2cccc(-c3ccccc3)c2)c2ccc3ccccc3c2-c2ccc3ccccc3c2)cc1. The normalized spacial score (nSPS) is 11.1. The Morgan fingerprint density at radius 3 is 1.90 bits per heavy atom. The van der Waals surface area contributed by atoms with Gasteiger partial charge < -0.3 is 4.90 Å². The van der Waals surface area contributed by atoms with Gasteiger partial charge in [-0.05, 0) is 81.6 Å². The molecule has 0 unspecified atom stereocenters. The number of hydrogen-bond acceptors (Lipinski definition) is 1. The summed E-state index contributed by atoms with van der Waals surface area (Å²) in [6.07, 6.45) is 0. The summed E-state index contributed by atoms with van der Waals surface area (Å²) in [6.45, 7) is 2.14. The van der Waals surface area contributed by atoms with Crippen LogP contribution in [0, 0.1) is 6.92 Å². The van der Waals surface area contributed by atoms with Gasteiger partial charge in [0.25, 0.3) is 0 Å². The molecule has 0 heterocycles. The Labute approximate surface area is 235 Å². The maximum absolute atomic E-state index is 2.41. The maximum Gasteiger partial charge on any atom is 0.0546 e. The van der Waals surface area contributed by atoms with Crippen LogP contribution < -0.4 is 4.90 Å². The molecule has 0 aliphatic heterocycles. The van der Waals surface area contributed by atoms with Crippen molar-refractivity contribution in [1.29, 1.82) is 0 Å². The maximum atomic E-state index is 2.41. The van der Waals surface area contributed by atoms with Crippen LogP contribution >= 0.6 is 0 Å². The van der Waals surface area contributed by atoms with E-state index in [4.69, 9.17) is 0 Å². The summed E-state index contributed by atoms with van der Waals surface area (Å²) in [5.41, 5.74) is 9.51. The van der Waals surface area contributed by atoms with E-state index in [2.05, 4.69) is 170 Å². The van der Waals surface area contributed by atoms with Gasteiger partial charge in [-0.2, -0.15) is 0 Å². The molecule has 7 aromatic carbocycles. The molecule has 7 aromatic rings. The van der Waals surface area contributed by atoms with Gasteiger partial charge in [0.1, 0.15) is 0 Å². The molecule has 1 heteroatoms. The second-order valence-electron chi connectivity index (χ2n) is 10.3. The van der Waals surface area contributed by atoms with Crippen molar-refractivity contribution >= 4 is 38.6 Å². The van der Waals surface area contributed by atoms with Crippen molar-refractivity contribution in [1.82, 2.24) is 0 Å². The molecular weight excluding hydrogens is 482 g/mol. The van der Waals surface area contributed by atoms with Crippen LogP contribution in [0.1, 0.15) is 5.56 Å². The number of benzene rings is 7. The van der Waals surface area contributed by atoms with Crippen LogP contribution in [0.3, 0.4) is 0 Å². The van der Waals surface area contributed by atoms with Gasteiger partial charge in [-0.15, -0.1) is 0 Å². The highest BCUT2D eigenvalue weighted by Gasteiger charge is 2.20. The van der Waals surface area contributed by atoms with Gasteiger partial charge >= 0.3 is 0 Å². The zero-order chi connectivity index (χ0) is 26.9. The Morgan fingerprint density at radius 1 is 0.400 bits per heavy atom. The van der Waals surface area contributed by atoms with Crippen LogP contribution in [0.2, 0.25) is 0 Å². The first-order valence-corrected chi connectivity index (χ1v) is 13.8. The molecule has 0 bridgehead atoms. The average molecular weight is 512 g/mol. The lowest BCUT2D eigenvalue weighted by molar-refractivity contribution is 1.28. The highest BCUT2D eigenvalue weighted by atomic mass is 15.1. The van der Waals surface area contributed by atoms with Gasteiger partial charge in [0.05, 0.1) is 5.69 Å². The summed E-state index contributed by atoms with van der Waals surface area (Å²) in [4.78, 5) is 2.41. The van der Waals surface area contributed by atoms with E-state index < -0.39 is 0 Å². The van der Waals surface area contributed by atoms with Gasteiger partial charge in [-0.25, -0.2) is 0 Å². The Morgan fingerprint density at radius 2 is 1.07 bits per heavy atom. The van der Waals surface area contributed by atoms with Crippen LogP contribution in [-0.2, 0) is 0 Å². The first-order valence-electron chi connectivity index (χ1n) is 13.8. The molecule has 1 nitrogen and oxygen atoms in total. The highest BCUT2D eigenvalue weighted by molar-refractivity contribution is 6.06. The topological polar surface area (TPSA) is 3.24 Å². The smallest absolute Gasteiger partial charge is 0.0546 e. The van der Waals surface area contributed by atoms with Gasteiger partial charge in [-0.3, -0.25) is 0 Å². The second-order valence-corrected chi connectivity index (χ2v) is 10.3. The van der Waals surface area contributed by atoms with Gasteiger partial charge in [-0.1, -0.05) is 127 Å². The summed E-state index contributed by atoms with van der Waals surface area (Å²) in [7, 11) is 0. The third kappa shape index (κ3) is 4.42. The molecule has 0 spiro atoms. The number of anilines is 3. The van der Waals surface area contributed by atoms with E-state index in [1.807, 2.05) is 0 Å². The van der Waals surface area contributed by atoms with Gasteiger partial charge in [0.2, 0.25) is 0 Å². The van der Waals surface area contributed by atoms with Crippen molar-refractivity contribution in [3.63, 3.8) is 0 Å². The van der Waals surface area contributed by atoms with Crippen molar-refractivity contribution in [2.24, 2.45) is 0 Å². The highest BCUT2D eigenvalue weighted by Crippen LogP contribution is 2.45. The molecule has 0 aliphatic rings. The molecule has 0 aliphatic carbocycles. The largest absolute Gasteiger partial charge is 0.310 e. The lowest BCUT2D eigenvalue weighted by Crippen LogP contribution is -2.11. The number of hydrogen-bond donors (Lipinski definition) is 0. The summed E-state index contributed by atoms with van der Waals surface area (Å²) in [5.74, 6) is 0. The lowest BCUT2D eigenvalue weighted by Gasteiger charge is -2.29. The van der Waals surface area contributed by atoms with E-state index in [9.17, 15) is 0 Å². The summed E-state index contributed by atoms with van der Waals surface area (Å²) < 4.78 is 0. The molecule has 190 valence electrons. The van der Waals surface area contributed by atoms with Crippen molar-refractivity contribution in [2.75, 3.05) is 4.90 Å². The molecule has 0 N–H and O–H groups in total. The van der Waals surface area contributed by atoms with Crippen LogP contribution in [0.25, 0.3) is 43.8 Å². The van der Waals surface area contributed by atoms with Crippen molar-refractivity contribution in [2.45, 2.75) is 6.92 Å². The number of aryl methyl sites for hydroxylation is 1. The molecule has 0 fully saturated rings. The molecular formula is C39H29N. The van der Waals surface area contributed by atoms with E-state index in [0.29, 0.717) is 0 Å². The number of nitrogens with zero attached hydrogens (tertiary/aromatic N) is 1. The fourth-order valence-electron chi connectivity index (χ4n) is 5.67. The molecule has 0 saturated carbocycles. The summed E-state index contributed by atoms with van der Waals surface area (Å²) >= 11 is 0. The Hall–Kier alpha value is -5.14. The molecule has 7 rings (SSSR count). The molecule has 0 radical (unpaired) electrons. The van der Waals surface area contributed by atoms with E-state index in [1.54, 1.807) is 0 Å². The van der Waals surface area contributed by atoms with Crippen molar-refractivity contribution < 1.29 is 0 Å². The van der Waals surface area contributed by atoms with Crippen LogP contribution in [0.15, 0.2) is 158 Å². The summed E-state index contributed by atoms with van der Waals surface area (Å²) in [6, 6.07) is 57.0. The Balaban J connectivity index is 1.51. The predicted molar refractivity (Wildman–Crippen MR) is 172 cm³/mol. The molecule has 0 amide bonds. The van der Waals surface area contributed by atoms with Crippen LogP contribution in [0.4, 0.5) is 17.1 Å². The zero-order valence-corrected chi connectivity index (χ0v) is 22.5. The quantitative estimate of drug-likeness (QED) is 0.222. The minimum atomic E-state index is 1.13. The van der Waals surface area contributed by atoms with E-state index >= 15 is 0 Å². The van der Waals surface area contributed by atoms with E-state index in [1.165, 1.54) is 49.4 Å². The first kappa shape index (κ1) is 23.9. The monoisotopic (exact) mass is 511 g/mol. The van der Waals surface area contributed by atoms with Crippen LogP contribution in [0.5, 0.6) is 0 Å². The third-order valence-electron chi connectivity index (χ3n) is 7.69. The third-order valence-corrected chi connectivity index (χ3v) is 7.69. The number of fused-ring (bicyclic) bond motifs is 2. The molecule has 40 heavy (non-hydrogen) atoms. The number of rotatable bonds is 5. The Kier molecular flexibility index (Phi) is 6.11. The summed E-state index contributed by atoms with van der Waals surface area (Å²) in [5, 5.41) is 4.97. The predicted octanol–water partition coefficient (Wildman–Crippen LogP) is 11.1. The lowest BCUT2D eigenvalue weighted by atomic mass is 9.93. The Bertz CT molecular complexity index is 1950.